The molecule has 27 heavy (non-hydrogen) atoms. The predicted molar refractivity (Wildman–Crippen MR) is 101 cm³/mol. The standard InChI is InChI=1S/C20H26F3N3O/c1-6-7-10-14-11-8-9-12-16(14)26(5)17-15(20(21,22)23)13-24-18(25-17)27-19(2,3)4/h8-9,11-13H,6-7,10H2,1-5H3. The number of ether oxygens (including phenoxy) is 1. The number of unbranched alkanes of at least 4 members (excludes halogenated alkanes) is 1. The summed E-state index contributed by atoms with van der Waals surface area (Å²) in [5.74, 6) is -0.222. The monoisotopic (exact) mass is 381 g/mol. The normalized spacial score (nSPS) is 12.1. The summed E-state index contributed by atoms with van der Waals surface area (Å²) in [6.45, 7) is 7.45. The van der Waals surface area contributed by atoms with Gasteiger partial charge in [0, 0.05) is 18.9 Å². The van der Waals surface area contributed by atoms with Gasteiger partial charge < -0.3 is 9.64 Å². The Hall–Kier alpha value is -2.31. The van der Waals surface area contributed by atoms with E-state index in [9.17, 15) is 13.2 Å². The molecule has 1 aromatic carbocycles. The third-order valence-corrected chi connectivity index (χ3v) is 3.92. The fourth-order valence-corrected chi connectivity index (χ4v) is 2.67. The van der Waals surface area contributed by atoms with Crippen LogP contribution in [0.4, 0.5) is 24.7 Å². The van der Waals surface area contributed by atoms with Crippen molar-refractivity contribution in [3.63, 3.8) is 0 Å². The van der Waals surface area contributed by atoms with E-state index in [1.165, 1.54) is 4.90 Å². The number of benzene rings is 1. The average Bonchev–Trinajstić information content (AvgIpc) is 2.57. The molecule has 148 valence electrons. The maximum atomic E-state index is 13.5. The second kappa shape index (κ2) is 8.15. The van der Waals surface area contributed by atoms with Crippen LogP contribution in [-0.4, -0.2) is 22.6 Å². The smallest absolute Gasteiger partial charge is 0.421 e. The van der Waals surface area contributed by atoms with Crippen LogP contribution in [0.25, 0.3) is 0 Å². The van der Waals surface area contributed by atoms with E-state index in [2.05, 4.69) is 16.9 Å². The van der Waals surface area contributed by atoms with E-state index in [1.807, 2.05) is 18.2 Å². The molecule has 4 nitrogen and oxygen atoms in total. The number of anilines is 2. The maximum absolute atomic E-state index is 13.5. The Morgan fingerprint density at radius 3 is 2.37 bits per heavy atom. The number of alkyl halides is 3. The third-order valence-electron chi connectivity index (χ3n) is 3.92. The van der Waals surface area contributed by atoms with Crippen molar-refractivity contribution < 1.29 is 17.9 Å². The van der Waals surface area contributed by atoms with Gasteiger partial charge in [-0.1, -0.05) is 31.5 Å². The SMILES string of the molecule is CCCCc1ccccc1N(C)c1nc(OC(C)(C)C)ncc1C(F)(F)F. The van der Waals surface area contributed by atoms with Gasteiger partial charge in [0.2, 0.25) is 0 Å². The first kappa shape index (κ1) is 21.0. The largest absolute Gasteiger partial charge is 0.458 e. The summed E-state index contributed by atoms with van der Waals surface area (Å²) in [7, 11) is 1.59. The van der Waals surface area contributed by atoms with Gasteiger partial charge in [-0.05, 0) is 45.2 Å². The molecule has 0 aliphatic rings. The highest BCUT2D eigenvalue weighted by atomic mass is 19.4. The van der Waals surface area contributed by atoms with Crippen molar-refractivity contribution in [1.82, 2.24) is 9.97 Å². The highest BCUT2D eigenvalue weighted by Gasteiger charge is 2.37. The van der Waals surface area contributed by atoms with Gasteiger partial charge in [-0.2, -0.15) is 18.2 Å². The van der Waals surface area contributed by atoms with Crippen molar-refractivity contribution in [3.05, 3.63) is 41.6 Å². The summed E-state index contributed by atoms with van der Waals surface area (Å²) in [4.78, 5) is 9.32. The van der Waals surface area contributed by atoms with Gasteiger partial charge >= 0.3 is 12.2 Å². The van der Waals surface area contributed by atoms with Crippen molar-refractivity contribution >= 4 is 11.5 Å². The Labute approximate surface area is 158 Å². The van der Waals surface area contributed by atoms with E-state index in [0.717, 1.165) is 31.0 Å². The van der Waals surface area contributed by atoms with Gasteiger partial charge in [0.05, 0.1) is 0 Å². The molecule has 0 spiro atoms. The van der Waals surface area contributed by atoms with Crippen LogP contribution < -0.4 is 9.64 Å². The lowest BCUT2D eigenvalue weighted by Crippen LogP contribution is -2.26. The lowest BCUT2D eigenvalue weighted by molar-refractivity contribution is -0.137. The summed E-state index contributed by atoms with van der Waals surface area (Å²) < 4.78 is 46.2. The van der Waals surface area contributed by atoms with E-state index < -0.39 is 17.3 Å². The lowest BCUT2D eigenvalue weighted by atomic mass is 10.1. The molecule has 0 amide bonds. The van der Waals surface area contributed by atoms with E-state index in [4.69, 9.17) is 4.74 Å². The van der Waals surface area contributed by atoms with Crippen LogP contribution in [0, 0.1) is 0 Å². The zero-order valence-electron chi connectivity index (χ0n) is 16.4. The number of nitrogens with zero attached hydrogens (tertiary/aromatic N) is 3. The fourth-order valence-electron chi connectivity index (χ4n) is 2.67. The van der Waals surface area contributed by atoms with Crippen LogP contribution in [0.1, 0.15) is 51.7 Å². The van der Waals surface area contributed by atoms with Crippen LogP contribution in [-0.2, 0) is 12.6 Å². The van der Waals surface area contributed by atoms with E-state index in [1.54, 1.807) is 33.9 Å². The molecule has 0 aliphatic carbocycles. The van der Waals surface area contributed by atoms with Crippen LogP contribution in [0.2, 0.25) is 0 Å². The molecular formula is C20H26F3N3O. The van der Waals surface area contributed by atoms with Crippen molar-refractivity contribution in [2.45, 2.75) is 58.7 Å². The first-order valence-corrected chi connectivity index (χ1v) is 8.98. The summed E-state index contributed by atoms with van der Waals surface area (Å²) in [6.07, 6.45) is -1.03. The minimum Gasteiger partial charge on any atom is -0.458 e. The molecule has 2 aromatic rings. The predicted octanol–water partition coefficient (Wildman–Crippen LogP) is 5.78. The quantitative estimate of drug-likeness (QED) is 0.635. The van der Waals surface area contributed by atoms with Gasteiger partial charge in [-0.15, -0.1) is 0 Å². The molecule has 0 saturated heterocycles. The molecule has 0 N–H and O–H groups in total. The maximum Gasteiger partial charge on any atom is 0.421 e. The first-order valence-electron chi connectivity index (χ1n) is 8.98. The number of hydrogen-bond acceptors (Lipinski definition) is 4. The first-order chi connectivity index (χ1) is 12.5. The van der Waals surface area contributed by atoms with Crippen LogP contribution in [0.15, 0.2) is 30.5 Å². The zero-order chi connectivity index (χ0) is 20.2. The van der Waals surface area contributed by atoms with Crippen molar-refractivity contribution in [2.75, 3.05) is 11.9 Å². The molecule has 1 heterocycles. The number of rotatable bonds is 6. The highest BCUT2D eigenvalue weighted by molar-refractivity contribution is 5.66. The van der Waals surface area contributed by atoms with E-state index in [0.29, 0.717) is 5.69 Å². The zero-order valence-corrected chi connectivity index (χ0v) is 16.4. The molecule has 0 radical (unpaired) electrons. The van der Waals surface area contributed by atoms with E-state index >= 15 is 0 Å². The highest BCUT2D eigenvalue weighted by Crippen LogP contribution is 2.38. The number of aromatic nitrogens is 2. The summed E-state index contributed by atoms with van der Waals surface area (Å²) in [5, 5.41) is 0. The minimum absolute atomic E-state index is 0.0802. The third kappa shape index (κ3) is 5.58. The Morgan fingerprint density at radius 1 is 1.11 bits per heavy atom. The van der Waals surface area contributed by atoms with Gasteiger partial charge in [0.15, 0.2) is 5.82 Å². The Bertz CT molecular complexity index is 770. The number of para-hydroxylation sites is 1. The molecule has 1 aromatic heterocycles. The molecule has 0 aliphatic heterocycles. The Morgan fingerprint density at radius 2 is 1.78 bits per heavy atom. The molecule has 7 heteroatoms. The van der Waals surface area contributed by atoms with Gasteiger partial charge in [-0.3, -0.25) is 0 Å². The topological polar surface area (TPSA) is 38.2 Å². The molecule has 0 unspecified atom stereocenters. The summed E-state index contributed by atoms with van der Waals surface area (Å²) in [6, 6.07) is 7.35. The Kier molecular flexibility index (Phi) is 6.34. The molecule has 0 saturated carbocycles. The van der Waals surface area contributed by atoms with Crippen LogP contribution in [0.3, 0.4) is 0 Å². The molecule has 0 bridgehead atoms. The molecule has 0 atom stereocenters. The van der Waals surface area contributed by atoms with Gasteiger partial charge in [0.25, 0.3) is 0 Å². The van der Waals surface area contributed by atoms with E-state index in [-0.39, 0.29) is 11.8 Å². The van der Waals surface area contributed by atoms with Crippen molar-refractivity contribution in [1.29, 1.82) is 0 Å². The summed E-state index contributed by atoms with van der Waals surface area (Å²) >= 11 is 0. The van der Waals surface area contributed by atoms with Crippen molar-refractivity contribution in [3.8, 4) is 6.01 Å². The number of halogens is 3. The van der Waals surface area contributed by atoms with Crippen molar-refractivity contribution in [2.24, 2.45) is 0 Å². The minimum atomic E-state index is -4.57. The molecule has 2 rings (SSSR count). The van der Waals surface area contributed by atoms with Crippen LogP contribution >= 0.6 is 0 Å². The molecule has 0 fully saturated rings. The average molecular weight is 381 g/mol. The Balaban J connectivity index is 2.53. The second-order valence-electron chi connectivity index (χ2n) is 7.39. The van der Waals surface area contributed by atoms with Gasteiger partial charge in [0.1, 0.15) is 11.2 Å². The van der Waals surface area contributed by atoms with Gasteiger partial charge in [-0.25, -0.2) is 4.98 Å². The van der Waals surface area contributed by atoms with Crippen LogP contribution in [0.5, 0.6) is 6.01 Å². The fraction of sp³-hybridized carbons (Fsp3) is 0.500. The number of hydrogen-bond donors (Lipinski definition) is 0. The molecular weight excluding hydrogens is 355 g/mol. The number of aryl methyl sites for hydroxylation is 1. The lowest BCUT2D eigenvalue weighted by Gasteiger charge is -2.26. The summed E-state index contributed by atoms with van der Waals surface area (Å²) in [5.41, 5.74) is 0.162. The second-order valence-corrected chi connectivity index (χ2v) is 7.39.